The molecule has 1 aromatic rings. The summed E-state index contributed by atoms with van der Waals surface area (Å²) in [6, 6.07) is -1.20. The number of β-lactam (4-membered cyclic amide) rings is 1. The molecule has 17 heteroatoms. The van der Waals surface area contributed by atoms with Crippen molar-refractivity contribution in [2.75, 3.05) is 19.0 Å². The van der Waals surface area contributed by atoms with Crippen molar-refractivity contribution in [1.29, 1.82) is 0 Å². The molecule has 0 saturated carbocycles. The molecule has 0 aliphatic carbocycles. The van der Waals surface area contributed by atoms with Gasteiger partial charge >= 0.3 is 39.9 Å². The first kappa shape index (κ1) is 25.0. The molecule has 2 heterocycles. The van der Waals surface area contributed by atoms with E-state index in [4.69, 9.17) is 27.8 Å². The molecule has 2 rings (SSSR count). The molecule has 3 amide bonds. The van der Waals surface area contributed by atoms with E-state index in [-0.39, 0.29) is 46.0 Å². The molecule has 3 N–H and O–H groups in total. The van der Waals surface area contributed by atoms with Gasteiger partial charge < -0.3 is 16.9 Å². The molecule has 0 aromatic carbocycles. The van der Waals surface area contributed by atoms with Crippen LogP contribution in [0.15, 0.2) is 10.7 Å². The van der Waals surface area contributed by atoms with Gasteiger partial charge in [-0.15, -0.1) is 11.3 Å². The number of aromatic nitrogens is 1. The molecule has 1 unspecified atom stereocenters. The predicted octanol–water partition coefficient (Wildman–Crippen LogP) is -3.52. The van der Waals surface area contributed by atoms with E-state index in [0.29, 0.717) is 0 Å². The van der Waals surface area contributed by atoms with Crippen LogP contribution in [0.1, 0.15) is 7.12 Å². The molecule has 12 nitrogen and oxygen atoms in total. The number of anilines is 1. The van der Waals surface area contributed by atoms with Crippen molar-refractivity contribution in [3.63, 3.8) is 0 Å². The van der Waals surface area contributed by atoms with Crippen LogP contribution in [0.3, 0.4) is 0 Å². The summed E-state index contributed by atoms with van der Waals surface area (Å²) in [6.45, 7) is -0.454. The standard InChI is InChI=1S/C11H11Cl2N5O7S2.Na.H/c1-25-17-5(6-10(26-3-14-6)16-9(20)7(12)13)8(19)15-4-2-18(11(4)21)27(22,23)24;;/h3-4,7H,2H2,1H3,(H,15,19)(H,16,20)(H,22,23,24);;/q;+1;-1. The Hall–Kier alpha value is -1.00. The molecule has 1 aliphatic rings. The number of nitrogens with zero attached hydrogens (tertiary/aromatic N) is 3. The van der Waals surface area contributed by atoms with Crippen molar-refractivity contribution in [2.45, 2.75) is 10.9 Å². The van der Waals surface area contributed by atoms with E-state index in [0.717, 1.165) is 18.4 Å². The minimum atomic E-state index is -4.69. The van der Waals surface area contributed by atoms with Crippen LogP contribution in [-0.2, 0) is 29.5 Å². The second kappa shape index (κ2) is 10.2. The largest absolute Gasteiger partial charge is 1.00 e. The summed E-state index contributed by atoms with van der Waals surface area (Å²) in [5.41, 5.74) is 0.822. The topological polar surface area (TPSA) is 167 Å². The number of halogens is 2. The molecule has 1 fully saturated rings. The van der Waals surface area contributed by atoms with E-state index in [2.05, 4.69) is 25.6 Å². The number of hydrogen-bond acceptors (Lipinski definition) is 9. The van der Waals surface area contributed by atoms with E-state index in [1.165, 1.54) is 5.51 Å². The molecule has 0 bridgehead atoms. The van der Waals surface area contributed by atoms with Crippen molar-refractivity contribution in [2.24, 2.45) is 5.16 Å². The zero-order chi connectivity index (χ0) is 20.4. The van der Waals surface area contributed by atoms with Gasteiger partial charge in [0.05, 0.1) is 12.1 Å². The summed E-state index contributed by atoms with van der Waals surface area (Å²) >= 11 is 11.9. The third-order valence-electron chi connectivity index (χ3n) is 3.10. The van der Waals surface area contributed by atoms with Crippen molar-refractivity contribution < 1.29 is 63.2 Å². The van der Waals surface area contributed by atoms with Gasteiger partial charge in [-0.3, -0.25) is 18.9 Å². The minimum Gasteiger partial charge on any atom is -1.00 e. The number of amides is 3. The summed E-state index contributed by atoms with van der Waals surface area (Å²) in [7, 11) is -3.54. The monoisotopic (exact) mass is 483 g/mol. The van der Waals surface area contributed by atoms with Crippen molar-refractivity contribution in [3.05, 3.63) is 11.2 Å². The normalized spacial score (nSPS) is 16.9. The van der Waals surface area contributed by atoms with Crippen LogP contribution in [0.4, 0.5) is 5.00 Å². The van der Waals surface area contributed by atoms with Gasteiger partial charge in [-0.1, -0.05) is 28.4 Å². The molecule has 1 atom stereocenters. The van der Waals surface area contributed by atoms with E-state index < -0.39 is 51.2 Å². The molecule has 0 radical (unpaired) electrons. The maximum absolute atomic E-state index is 12.4. The zero-order valence-corrected chi connectivity index (χ0v) is 19.4. The zero-order valence-electron chi connectivity index (χ0n) is 15.2. The molecule has 150 valence electrons. The van der Waals surface area contributed by atoms with Gasteiger partial charge in [0, 0.05) is 0 Å². The van der Waals surface area contributed by atoms with Crippen LogP contribution in [0.5, 0.6) is 0 Å². The van der Waals surface area contributed by atoms with Gasteiger partial charge in [-0.2, -0.15) is 8.42 Å². The number of carbonyl (C=O) groups excluding carboxylic acids is 3. The first-order valence-electron chi connectivity index (χ1n) is 6.80. The summed E-state index contributed by atoms with van der Waals surface area (Å²) in [5.74, 6) is -2.72. The fraction of sp³-hybridized carbons (Fsp3) is 0.364. The Morgan fingerprint density at radius 1 is 1.54 bits per heavy atom. The number of carbonyl (C=O) groups is 3. The molecule has 1 aliphatic heterocycles. The Balaban J connectivity index is 0.00000392. The Labute approximate surface area is 196 Å². The quantitative estimate of drug-likeness (QED) is 0.0895. The summed E-state index contributed by atoms with van der Waals surface area (Å²) < 4.78 is 30.8. The Kier molecular flexibility index (Phi) is 9.08. The Bertz CT molecular complexity index is 913. The van der Waals surface area contributed by atoms with E-state index in [1.807, 2.05) is 0 Å². The van der Waals surface area contributed by atoms with Gasteiger partial charge in [-0.25, -0.2) is 9.29 Å². The van der Waals surface area contributed by atoms with Crippen molar-refractivity contribution in [3.8, 4) is 0 Å². The van der Waals surface area contributed by atoms with Gasteiger partial charge in [-0.05, 0) is 0 Å². The van der Waals surface area contributed by atoms with Gasteiger partial charge in [0.25, 0.3) is 17.7 Å². The van der Waals surface area contributed by atoms with Gasteiger partial charge in [0.2, 0.25) is 0 Å². The fourth-order valence-corrected chi connectivity index (χ4v) is 3.38. The van der Waals surface area contributed by atoms with Crippen LogP contribution in [-0.4, -0.2) is 70.2 Å². The first-order valence-corrected chi connectivity index (χ1v) is 9.95. The average molecular weight is 484 g/mol. The maximum Gasteiger partial charge on any atom is 1.00 e. The summed E-state index contributed by atoms with van der Waals surface area (Å²) in [6.07, 6.45) is 0. The van der Waals surface area contributed by atoms with E-state index in [9.17, 15) is 22.8 Å². The van der Waals surface area contributed by atoms with Gasteiger partial charge in [0.1, 0.15) is 23.8 Å². The number of rotatable bonds is 7. The molecule has 0 spiro atoms. The number of alkyl halides is 2. The van der Waals surface area contributed by atoms with Crippen molar-refractivity contribution in [1.82, 2.24) is 14.6 Å². The van der Waals surface area contributed by atoms with Crippen molar-refractivity contribution >= 4 is 73.3 Å². The maximum atomic E-state index is 12.4. The third kappa shape index (κ3) is 5.76. The second-order valence-electron chi connectivity index (χ2n) is 4.82. The molecule has 1 saturated heterocycles. The SMILES string of the molecule is CON=C(C(=O)NC1CN(S(=O)(=O)O)C1=O)c1ncsc1NC(=O)C(Cl)Cl.[H-].[Na+]. The Morgan fingerprint density at radius 2 is 2.18 bits per heavy atom. The smallest absolute Gasteiger partial charge is 1.00 e. The summed E-state index contributed by atoms with van der Waals surface area (Å²) in [4.78, 5) is 42.9. The molecule has 1 aromatic heterocycles. The molecular weight excluding hydrogens is 472 g/mol. The predicted molar refractivity (Wildman–Crippen MR) is 96.1 cm³/mol. The number of thiazole rings is 1. The van der Waals surface area contributed by atoms with Gasteiger partial charge in [0.15, 0.2) is 10.5 Å². The summed E-state index contributed by atoms with van der Waals surface area (Å²) in [5, 5.41) is 8.19. The number of hydrogen-bond donors (Lipinski definition) is 3. The van der Waals surface area contributed by atoms with Crippen LogP contribution >= 0.6 is 34.5 Å². The Morgan fingerprint density at radius 3 is 2.68 bits per heavy atom. The number of oxime groups is 1. The molecule has 28 heavy (non-hydrogen) atoms. The van der Waals surface area contributed by atoms with Crippen LogP contribution < -0.4 is 40.2 Å². The first-order chi connectivity index (χ1) is 12.6. The third-order valence-corrected chi connectivity index (χ3v) is 5.12. The minimum absolute atomic E-state index is 0. The molecular formula is C11H12Cl2N5NaO7S2. The average Bonchev–Trinajstić information content (AvgIpc) is 3.01. The fourth-order valence-electron chi connectivity index (χ4n) is 1.89. The second-order valence-corrected chi connectivity index (χ2v) is 8.10. The van der Waals surface area contributed by atoms with Crippen LogP contribution in [0, 0.1) is 0 Å². The van der Waals surface area contributed by atoms with E-state index >= 15 is 0 Å². The number of nitrogens with one attached hydrogen (secondary N) is 2. The van der Waals surface area contributed by atoms with Crippen LogP contribution in [0.25, 0.3) is 0 Å². The van der Waals surface area contributed by atoms with E-state index in [1.54, 1.807) is 0 Å². The van der Waals surface area contributed by atoms with Crippen LogP contribution in [0.2, 0.25) is 0 Å².